The van der Waals surface area contributed by atoms with Gasteiger partial charge in [-0.1, -0.05) is 12.1 Å². The molecule has 0 aliphatic heterocycles. The topological polar surface area (TPSA) is 110 Å². The minimum atomic E-state index is -3.68. The molecule has 2 rings (SSSR count). The summed E-state index contributed by atoms with van der Waals surface area (Å²) in [6.45, 7) is 0.0580. The fourth-order valence-corrected chi connectivity index (χ4v) is 3.49. The van der Waals surface area contributed by atoms with Crippen LogP contribution in [0.2, 0.25) is 0 Å². The molecule has 1 saturated carbocycles. The van der Waals surface area contributed by atoms with Gasteiger partial charge in [-0.05, 0) is 37.0 Å². The number of carboxylic acid groups (broad SMARTS) is 1. The molecule has 2 N–H and O–H groups in total. The lowest BCUT2D eigenvalue weighted by atomic mass is 9.96. The highest BCUT2D eigenvalue weighted by Gasteiger charge is 2.52. The number of carbonyl (C=O) groups excluding carboxylic acids is 1. The summed E-state index contributed by atoms with van der Waals surface area (Å²) in [5, 5.41) is 8.52. The highest BCUT2D eigenvalue weighted by molar-refractivity contribution is 7.89. The first kappa shape index (κ1) is 17.4. The SMILES string of the molecule is COC(=O)C1(c2ccc(S(=O)(=O)NCCCC(=O)O)cc2)CC1. The number of hydrogen-bond donors (Lipinski definition) is 2. The number of rotatable bonds is 8. The molecular weight excluding hydrogens is 322 g/mol. The first-order valence-electron chi connectivity index (χ1n) is 7.22. The van der Waals surface area contributed by atoms with Gasteiger partial charge < -0.3 is 9.84 Å². The van der Waals surface area contributed by atoms with Crippen molar-refractivity contribution >= 4 is 22.0 Å². The average Bonchev–Trinajstić information content (AvgIpc) is 3.32. The second-order valence-electron chi connectivity index (χ2n) is 5.49. The fraction of sp³-hybridized carbons (Fsp3) is 0.467. The van der Waals surface area contributed by atoms with E-state index >= 15 is 0 Å². The van der Waals surface area contributed by atoms with Crippen LogP contribution in [0.4, 0.5) is 0 Å². The molecule has 0 spiro atoms. The maximum absolute atomic E-state index is 12.1. The molecule has 8 heteroatoms. The van der Waals surface area contributed by atoms with Gasteiger partial charge >= 0.3 is 11.9 Å². The molecule has 7 nitrogen and oxygen atoms in total. The predicted octanol–water partition coefficient (Wildman–Crippen LogP) is 1.03. The lowest BCUT2D eigenvalue weighted by molar-refractivity contribution is -0.143. The molecule has 0 saturated heterocycles. The Morgan fingerprint density at radius 3 is 2.35 bits per heavy atom. The van der Waals surface area contributed by atoms with Crippen molar-refractivity contribution in [2.24, 2.45) is 0 Å². The average molecular weight is 341 g/mol. The third-order valence-electron chi connectivity index (χ3n) is 3.90. The van der Waals surface area contributed by atoms with E-state index in [0.29, 0.717) is 12.8 Å². The normalized spacial score (nSPS) is 15.9. The van der Waals surface area contributed by atoms with Crippen LogP contribution in [0.1, 0.15) is 31.2 Å². The van der Waals surface area contributed by atoms with Gasteiger partial charge in [0.1, 0.15) is 0 Å². The number of methoxy groups -OCH3 is 1. The Kier molecular flexibility index (Phi) is 5.06. The quantitative estimate of drug-likeness (QED) is 0.540. The van der Waals surface area contributed by atoms with E-state index in [-0.39, 0.29) is 30.3 Å². The van der Waals surface area contributed by atoms with Crippen molar-refractivity contribution in [3.63, 3.8) is 0 Å². The van der Waals surface area contributed by atoms with Crippen LogP contribution in [-0.2, 0) is 29.8 Å². The maximum atomic E-state index is 12.1. The summed E-state index contributed by atoms with van der Waals surface area (Å²) in [5.74, 6) is -1.27. The van der Waals surface area contributed by atoms with Crippen molar-refractivity contribution in [2.45, 2.75) is 36.0 Å². The zero-order chi connectivity index (χ0) is 17.1. The third-order valence-corrected chi connectivity index (χ3v) is 5.38. The number of hydrogen-bond acceptors (Lipinski definition) is 5. The number of sulfonamides is 1. The lowest BCUT2D eigenvalue weighted by Gasteiger charge is -2.13. The number of aliphatic carboxylic acids is 1. The van der Waals surface area contributed by atoms with E-state index in [9.17, 15) is 18.0 Å². The molecule has 0 heterocycles. The molecular formula is C15H19NO6S. The second-order valence-corrected chi connectivity index (χ2v) is 7.26. The van der Waals surface area contributed by atoms with Gasteiger partial charge in [0.2, 0.25) is 10.0 Å². The Morgan fingerprint density at radius 2 is 1.87 bits per heavy atom. The van der Waals surface area contributed by atoms with E-state index < -0.39 is 21.4 Å². The van der Waals surface area contributed by atoms with Crippen molar-refractivity contribution in [3.8, 4) is 0 Å². The van der Waals surface area contributed by atoms with Gasteiger partial charge in [-0.15, -0.1) is 0 Å². The van der Waals surface area contributed by atoms with Crippen molar-refractivity contribution in [1.82, 2.24) is 4.72 Å². The monoisotopic (exact) mass is 341 g/mol. The predicted molar refractivity (Wildman–Crippen MR) is 81.4 cm³/mol. The van der Waals surface area contributed by atoms with Gasteiger partial charge in [0, 0.05) is 13.0 Å². The molecule has 0 bridgehead atoms. The van der Waals surface area contributed by atoms with Crippen LogP contribution >= 0.6 is 0 Å². The molecule has 1 aromatic carbocycles. The number of nitrogens with one attached hydrogen (secondary N) is 1. The molecule has 0 atom stereocenters. The second kappa shape index (κ2) is 6.67. The van der Waals surface area contributed by atoms with Crippen LogP contribution in [0.25, 0.3) is 0 Å². The Bertz CT molecular complexity index is 691. The van der Waals surface area contributed by atoms with Gasteiger partial charge in [0.05, 0.1) is 17.4 Å². The van der Waals surface area contributed by atoms with E-state index in [1.165, 1.54) is 19.2 Å². The highest BCUT2D eigenvalue weighted by Crippen LogP contribution is 2.49. The number of esters is 1. The summed E-state index contributed by atoms with van der Waals surface area (Å²) in [7, 11) is -2.35. The summed E-state index contributed by atoms with van der Waals surface area (Å²) in [6.07, 6.45) is 1.51. The molecule has 0 radical (unpaired) electrons. The Labute approximate surface area is 134 Å². The largest absolute Gasteiger partial charge is 0.481 e. The standard InChI is InChI=1S/C15H19NO6S/c1-22-14(19)15(8-9-15)11-4-6-12(7-5-11)23(20,21)16-10-2-3-13(17)18/h4-7,16H,2-3,8-10H2,1H3,(H,17,18). The van der Waals surface area contributed by atoms with Crippen LogP contribution in [0.5, 0.6) is 0 Å². The molecule has 1 aromatic rings. The van der Waals surface area contributed by atoms with E-state index in [2.05, 4.69) is 4.72 Å². The third kappa shape index (κ3) is 3.89. The minimum Gasteiger partial charge on any atom is -0.481 e. The summed E-state index contributed by atoms with van der Waals surface area (Å²) in [5.41, 5.74) is 0.112. The molecule has 1 fully saturated rings. The number of ether oxygens (including phenoxy) is 1. The van der Waals surface area contributed by atoms with Crippen molar-refractivity contribution in [2.75, 3.05) is 13.7 Å². The first-order chi connectivity index (χ1) is 10.8. The Morgan fingerprint density at radius 1 is 1.26 bits per heavy atom. The highest BCUT2D eigenvalue weighted by atomic mass is 32.2. The van der Waals surface area contributed by atoms with Gasteiger partial charge in [-0.25, -0.2) is 13.1 Å². The molecule has 1 aliphatic rings. The van der Waals surface area contributed by atoms with Gasteiger partial charge in [0.25, 0.3) is 0 Å². The molecule has 0 unspecified atom stereocenters. The van der Waals surface area contributed by atoms with E-state index in [1.807, 2.05) is 0 Å². The molecule has 0 amide bonds. The van der Waals surface area contributed by atoms with Gasteiger partial charge in [0.15, 0.2) is 0 Å². The molecule has 23 heavy (non-hydrogen) atoms. The molecule has 0 aromatic heterocycles. The van der Waals surface area contributed by atoms with Crippen LogP contribution < -0.4 is 4.72 Å². The summed E-state index contributed by atoms with van der Waals surface area (Å²) >= 11 is 0. The Hall–Kier alpha value is -1.93. The smallest absolute Gasteiger partial charge is 0.316 e. The van der Waals surface area contributed by atoms with Gasteiger partial charge in [-0.2, -0.15) is 0 Å². The van der Waals surface area contributed by atoms with E-state index in [0.717, 1.165) is 5.56 Å². The number of carbonyl (C=O) groups is 2. The molecule has 126 valence electrons. The first-order valence-corrected chi connectivity index (χ1v) is 8.70. The van der Waals surface area contributed by atoms with Crippen molar-refractivity contribution in [3.05, 3.63) is 29.8 Å². The number of carboxylic acids is 1. The Balaban J connectivity index is 2.04. The van der Waals surface area contributed by atoms with Crippen molar-refractivity contribution < 1.29 is 27.9 Å². The van der Waals surface area contributed by atoms with Crippen LogP contribution in [0, 0.1) is 0 Å². The number of benzene rings is 1. The lowest BCUT2D eigenvalue weighted by Crippen LogP contribution is -2.26. The summed E-state index contributed by atoms with van der Waals surface area (Å²) in [4.78, 5) is 22.3. The van der Waals surface area contributed by atoms with E-state index in [4.69, 9.17) is 9.84 Å². The van der Waals surface area contributed by atoms with Crippen LogP contribution in [-0.4, -0.2) is 39.1 Å². The van der Waals surface area contributed by atoms with E-state index in [1.54, 1.807) is 12.1 Å². The van der Waals surface area contributed by atoms with Gasteiger partial charge in [-0.3, -0.25) is 9.59 Å². The zero-order valence-corrected chi connectivity index (χ0v) is 13.6. The zero-order valence-electron chi connectivity index (χ0n) is 12.7. The summed E-state index contributed by atoms with van der Waals surface area (Å²) < 4.78 is 31.3. The fourth-order valence-electron chi connectivity index (χ4n) is 2.41. The van der Waals surface area contributed by atoms with Crippen molar-refractivity contribution in [1.29, 1.82) is 0 Å². The minimum absolute atomic E-state index is 0.0580. The van der Waals surface area contributed by atoms with Crippen LogP contribution in [0.3, 0.4) is 0 Å². The molecule has 1 aliphatic carbocycles. The van der Waals surface area contributed by atoms with Crippen LogP contribution in [0.15, 0.2) is 29.2 Å². The summed E-state index contributed by atoms with van der Waals surface area (Å²) in [6, 6.07) is 6.13. The maximum Gasteiger partial charge on any atom is 0.316 e.